The van der Waals surface area contributed by atoms with Crippen molar-refractivity contribution in [2.24, 2.45) is 0 Å². The molecule has 1 aromatic carbocycles. The smallest absolute Gasteiger partial charge is 0.234 e. The zero-order chi connectivity index (χ0) is 12.9. The summed E-state index contributed by atoms with van der Waals surface area (Å²) < 4.78 is 0. The van der Waals surface area contributed by atoms with Gasteiger partial charge in [0.05, 0.1) is 17.2 Å². The lowest BCUT2D eigenvalue weighted by Gasteiger charge is -2.16. The number of amides is 1. The third-order valence-corrected chi connectivity index (χ3v) is 3.00. The third kappa shape index (κ3) is 3.79. The van der Waals surface area contributed by atoms with E-state index in [9.17, 15) is 4.79 Å². The average Bonchev–Trinajstić information content (AvgIpc) is 2.30. The van der Waals surface area contributed by atoms with Gasteiger partial charge in [0, 0.05) is 5.69 Å². The van der Waals surface area contributed by atoms with E-state index in [1.165, 1.54) is 11.8 Å². The van der Waals surface area contributed by atoms with Gasteiger partial charge in [-0.2, -0.15) is 17.0 Å². The van der Waals surface area contributed by atoms with Crippen molar-refractivity contribution >= 4 is 23.4 Å². The fraction of sp³-hybridized carbons (Fsp3) is 0.385. The van der Waals surface area contributed by atoms with Gasteiger partial charge < -0.3 is 5.32 Å². The predicted molar refractivity (Wildman–Crippen MR) is 72.1 cm³/mol. The molecule has 3 nitrogen and oxygen atoms in total. The number of nitrogens with one attached hydrogen (secondary N) is 1. The van der Waals surface area contributed by atoms with Crippen molar-refractivity contribution in [1.82, 2.24) is 0 Å². The lowest BCUT2D eigenvalue weighted by Crippen LogP contribution is -2.15. The molecular weight excluding hydrogens is 232 g/mol. The minimum absolute atomic E-state index is 0.00945. The van der Waals surface area contributed by atoms with Crippen molar-refractivity contribution in [3.63, 3.8) is 0 Å². The molecule has 1 amide bonds. The van der Waals surface area contributed by atoms with Crippen molar-refractivity contribution in [1.29, 1.82) is 5.26 Å². The number of anilines is 1. The molecule has 0 radical (unpaired) electrons. The second-order valence-electron chi connectivity index (χ2n) is 4.30. The molecule has 0 aliphatic heterocycles. The highest BCUT2D eigenvalue weighted by Gasteiger charge is 2.19. The SMILES string of the molecule is CSCC(=O)Nc1ccc(C(C)(C)C#N)cc1. The molecule has 0 heterocycles. The molecular formula is C13H16N2OS. The molecule has 0 spiro atoms. The van der Waals surface area contributed by atoms with Crippen molar-refractivity contribution in [2.45, 2.75) is 19.3 Å². The van der Waals surface area contributed by atoms with Gasteiger partial charge in [0.25, 0.3) is 0 Å². The van der Waals surface area contributed by atoms with Gasteiger partial charge >= 0.3 is 0 Å². The summed E-state index contributed by atoms with van der Waals surface area (Å²) in [7, 11) is 0. The zero-order valence-electron chi connectivity index (χ0n) is 10.3. The summed E-state index contributed by atoms with van der Waals surface area (Å²) in [4.78, 5) is 11.4. The van der Waals surface area contributed by atoms with E-state index in [1.54, 1.807) is 0 Å². The topological polar surface area (TPSA) is 52.9 Å². The monoisotopic (exact) mass is 248 g/mol. The first kappa shape index (κ1) is 13.6. The summed E-state index contributed by atoms with van der Waals surface area (Å²) in [5.41, 5.74) is 1.21. The minimum Gasteiger partial charge on any atom is -0.325 e. The van der Waals surface area contributed by atoms with E-state index in [4.69, 9.17) is 5.26 Å². The van der Waals surface area contributed by atoms with Gasteiger partial charge in [-0.05, 0) is 37.8 Å². The zero-order valence-corrected chi connectivity index (χ0v) is 11.1. The summed E-state index contributed by atoms with van der Waals surface area (Å²) in [6.07, 6.45) is 1.89. The second-order valence-corrected chi connectivity index (χ2v) is 5.16. The normalized spacial score (nSPS) is 10.7. The molecule has 0 saturated carbocycles. The number of carbonyl (C=O) groups is 1. The molecule has 0 bridgehead atoms. The molecule has 0 saturated heterocycles. The highest BCUT2D eigenvalue weighted by Crippen LogP contribution is 2.23. The van der Waals surface area contributed by atoms with Gasteiger partial charge in [-0.1, -0.05) is 12.1 Å². The summed E-state index contributed by atoms with van der Waals surface area (Å²) in [5.74, 6) is 0.440. The standard InChI is InChI=1S/C13H16N2OS/c1-13(2,9-14)10-4-6-11(7-5-10)15-12(16)8-17-3/h4-7H,8H2,1-3H3,(H,15,16). The Morgan fingerprint density at radius 2 is 2.00 bits per heavy atom. The van der Waals surface area contributed by atoms with Crippen LogP contribution in [0.1, 0.15) is 19.4 Å². The van der Waals surface area contributed by atoms with Gasteiger partial charge in [0.1, 0.15) is 0 Å². The lowest BCUT2D eigenvalue weighted by atomic mass is 9.86. The van der Waals surface area contributed by atoms with Crippen LogP contribution >= 0.6 is 11.8 Å². The first-order chi connectivity index (χ1) is 7.99. The van der Waals surface area contributed by atoms with Crippen LogP contribution in [-0.4, -0.2) is 17.9 Å². The summed E-state index contributed by atoms with van der Waals surface area (Å²) in [6, 6.07) is 9.65. The quantitative estimate of drug-likeness (QED) is 0.891. The van der Waals surface area contributed by atoms with E-state index in [0.717, 1.165) is 11.3 Å². The first-order valence-electron chi connectivity index (χ1n) is 5.30. The summed E-state index contributed by atoms with van der Waals surface area (Å²) in [5, 5.41) is 11.8. The molecule has 0 atom stereocenters. The molecule has 90 valence electrons. The maximum absolute atomic E-state index is 11.4. The molecule has 0 aliphatic rings. The van der Waals surface area contributed by atoms with Crippen LogP contribution in [0.3, 0.4) is 0 Å². The number of hydrogen-bond donors (Lipinski definition) is 1. The highest BCUT2D eigenvalue weighted by atomic mass is 32.2. The number of benzene rings is 1. The lowest BCUT2D eigenvalue weighted by molar-refractivity contribution is -0.113. The van der Waals surface area contributed by atoms with Crippen LogP contribution in [0.4, 0.5) is 5.69 Å². The first-order valence-corrected chi connectivity index (χ1v) is 6.69. The fourth-order valence-electron chi connectivity index (χ4n) is 1.36. The van der Waals surface area contributed by atoms with E-state index in [1.807, 2.05) is 44.4 Å². The number of hydrogen-bond acceptors (Lipinski definition) is 3. The molecule has 0 unspecified atom stereocenters. The second kappa shape index (κ2) is 5.74. The molecule has 1 N–H and O–H groups in total. The van der Waals surface area contributed by atoms with E-state index in [0.29, 0.717) is 5.75 Å². The van der Waals surface area contributed by atoms with Crippen molar-refractivity contribution in [2.75, 3.05) is 17.3 Å². The van der Waals surface area contributed by atoms with Crippen molar-refractivity contribution in [3.05, 3.63) is 29.8 Å². The highest BCUT2D eigenvalue weighted by molar-refractivity contribution is 7.99. The number of thioether (sulfide) groups is 1. The Morgan fingerprint density at radius 1 is 1.41 bits per heavy atom. The third-order valence-electron chi connectivity index (χ3n) is 2.45. The van der Waals surface area contributed by atoms with Gasteiger partial charge in [-0.3, -0.25) is 4.79 Å². The Morgan fingerprint density at radius 3 is 2.47 bits per heavy atom. The van der Waals surface area contributed by atoms with Gasteiger partial charge in [-0.15, -0.1) is 0 Å². The van der Waals surface area contributed by atoms with Crippen molar-refractivity contribution < 1.29 is 4.79 Å². The largest absolute Gasteiger partial charge is 0.325 e. The Labute approximate surface area is 106 Å². The van der Waals surface area contributed by atoms with Crippen LogP contribution in [0.15, 0.2) is 24.3 Å². The fourth-order valence-corrected chi connectivity index (χ4v) is 1.70. The molecule has 0 aromatic heterocycles. The van der Waals surface area contributed by atoms with Gasteiger partial charge in [0.15, 0.2) is 0 Å². The Hall–Kier alpha value is -1.47. The number of rotatable bonds is 4. The van der Waals surface area contributed by atoms with Gasteiger partial charge in [-0.25, -0.2) is 0 Å². The maximum Gasteiger partial charge on any atom is 0.234 e. The number of nitriles is 1. The van der Waals surface area contributed by atoms with Gasteiger partial charge in [0.2, 0.25) is 5.91 Å². The minimum atomic E-state index is -0.498. The van der Waals surface area contributed by atoms with Crippen LogP contribution in [0, 0.1) is 11.3 Å². The summed E-state index contributed by atoms with van der Waals surface area (Å²) in [6.45, 7) is 3.74. The van der Waals surface area contributed by atoms with E-state index in [2.05, 4.69) is 11.4 Å². The molecule has 0 aliphatic carbocycles. The maximum atomic E-state index is 11.4. The van der Waals surface area contributed by atoms with Crippen LogP contribution in [-0.2, 0) is 10.2 Å². The Kier molecular flexibility index (Phi) is 4.59. The van der Waals surface area contributed by atoms with Crippen LogP contribution in [0.5, 0.6) is 0 Å². The van der Waals surface area contributed by atoms with Crippen LogP contribution in [0.2, 0.25) is 0 Å². The molecule has 1 rings (SSSR count). The van der Waals surface area contributed by atoms with Crippen LogP contribution in [0.25, 0.3) is 0 Å². The number of nitrogens with zero attached hydrogens (tertiary/aromatic N) is 1. The summed E-state index contributed by atoms with van der Waals surface area (Å²) >= 11 is 1.48. The van der Waals surface area contributed by atoms with E-state index >= 15 is 0 Å². The number of carbonyl (C=O) groups excluding carboxylic acids is 1. The van der Waals surface area contributed by atoms with E-state index < -0.39 is 5.41 Å². The Balaban J connectivity index is 2.76. The molecule has 0 fully saturated rings. The molecule has 17 heavy (non-hydrogen) atoms. The molecule has 1 aromatic rings. The average molecular weight is 248 g/mol. The molecule has 4 heteroatoms. The van der Waals surface area contributed by atoms with E-state index in [-0.39, 0.29) is 5.91 Å². The Bertz CT molecular complexity index is 432. The van der Waals surface area contributed by atoms with Crippen molar-refractivity contribution in [3.8, 4) is 6.07 Å². The predicted octanol–water partition coefficient (Wildman–Crippen LogP) is 2.79. The van der Waals surface area contributed by atoms with Crippen LogP contribution < -0.4 is 5.32 Å².